The minimum atomic E-state index is -2.86. The predicted molar refractivity (Wildman–Crippen MR) is 98.4 cm³/mol. The second kappa shape index (κ2) is 7.57. The Bertz CT molecular complexity index is 993. The van der Waals surface area contributed by atoms with Crippen LogP contribution in [0.3, 0.4) is 0 Å². The molecule has 0 saturated heterocycles. The van der Waals surface area contributed by atoms with Crippen molar-refractivity contribution in [3.63, 3.8) is 0 Å². The van der Waals surface area contributed by atoms with E-state index in [0.29, 0.717) is 16.2 Å². The van der Waals surface area contributed by atoms with E-state index in [1.54, 1.807) is 18.3 Å². The molecule has 1 heterocycles. The van der Waals surface area contributed by atoms with Gasteiger partial charge in [0, 0.05) is 5.56 Å². The SMILES string of the molecule is Cc1ccc(C=Nn2c(-c3ccc(OC(F)F)cc3)n[nH]c2=S)c(C)c1. The number of hydrogen-bond donors (Lipinski definition) is 1. The van der Waals surface area contributed by atoms with Crippen molar-refractivity contribution < 1.29 is 13.5 Å². The molecule has 0 unspecified atom stereocenters. The fourth-order valence-corrected chi connectivity index (χ4v) is 2.64. The zero-order valence-electron chi connectivity index (χ0n) is 14.1. The zero-order chi connectivity index (χ0) is 18.7. The number of alkyl halides is 2. The first-order valence-electron chi connectivity index (χ1n) is 7.78. The van der Waals surface area contributed by atoms with Crippen LogP contribution in [0.1, 0.15) is 16.7 Å². The minimum absolute atomic E-state index is 0.0724. The summed E-state index contributed by atoms with van der Waals surface area (Å²) in [5.41, 5.74) is 3.90. The topological polar surface area (TPSA) is 55.2 Å². The summed E-state index contributed by atoms with van der Waals surface area (Å²) < 4.78 is 30.7. The smallest absolute Gasteiger partial charge is 0.387 e. The summed E-state index contributed by atoms with van der Waals surface area (Å²) in [4.78, 5) is 0. The average Bonchev–Trinajstić information content (AvgIpc) is 2.95. The summed E-state index contributed by atoms with van der Waals surface area (Å²) >= 11 is 5.23. The van der Waals surface area contributed by atoms with E-state index < -0.39 is 6.61 Å². The Kier molecular flexibility index (Phi) is 5.22. The van der Waals surface area contributed by atoms with E-state index in [0.717, 1.165) is 11.1 Å². The maximum absolute atomic E-state index is 12.3. The average molecular weight is 374 g/mol. The van der Waals surface area contributed by atoms with Gasteiger partial charge in [0.15, 0.2) is 5.82 Å². The van der Waals surface area contributed by atoms with Crippen molar-refractivity contribution in [1.29, 1.82) is 0 Å². The van der Waals surface area contributed by atoms with Gasteiger partial charge in [0.25, 0.3) is 0 Å². The van der Waals surface area contributed by atoms with Crippen LogP contribution in [-0.2, 0) is 0 Å². The Morgan fingerprint density at radius 1 is 1.19 bits per heavy atom. The van der Waals surface area contributed by atoms with Gasteiger partial charge >= 0.3 is 6.61 Å². The number of rotatable bonds is 5. The molecule has 0 aliphatic carbocycles. The molecule has 26 heavy (non-hydrogen) atoms. The highest BCUT2D eigenvalue weighted by molar-refractivity contribution is 7.71. The van der Waals surface area contributed by atoms with Gasteiger partial charge in [0.1, 0.15) is 5.75 Å². The van der Waals surface area contributed by atoms with Crippen LogP contribution in [0.2, 0.25) is 0 Å². The Labute approximate surface area is 154 Å². The van der Waals surface area contributed by atoms with Crippen molar-refractivity contribution in [1.82, 2.24) is 14.9 Å². The number of nitrogens with zero attached hydrogens (tertiary/aromatic N) is 3. The number of nitrogens with one attached hydrogen (secondary N) is 1. The lowest BCUT2D eigenvalue weighted by Crippen LogP contribution is -2.01. The van der Waals surface area contributed by atoms with E-state index in [2.05, 4.69) is 26.1 Å². The summed E-state index contributed by atoms with van der Waals surface area (Å²) in [6, 6.07) is 12.2. The molecule has 3 aromatic rings. The molecule has 0 saturated carbocycles. The number of halogens is 2. The van der Waals surface area contributed by atoms with Gasteiger partial charge < -0.3 is 4.74 Å². The molecule has 134 valence electrons. The third-order valence-electron chi connectivity index (χ3n) is 3.73. The Morgan fingerprint density at radius 3 is 2.58 bits per heavy atom. The second-order valence-electron chi connectivity index (χ2n) is 5.67. The number of aromatic nitrogens is 3. The van der Waals surface area contributed by atoms with Crippen molar-refractivity contribution in [2.24, 2.45) is 5.10 Å². The fourth-order valence-electron chi connectivity index (χ4n) is 2.46. The minimum Gasteiger partial charge on any atom is -0.435 e. The van der Waals surface area contributed by atoms with Crippen molar-refractivity contribution >= 4 is 18.4 Å². The van der Waals surface area contributed by atoms with Crippen LogP contribution in [0, 0.1) is 18.6 Å². The standard InChI is InChI=1S/C18H16F2N4OS/c1-11-3-4-14(12(2)9-11)10-21-24-16(22-23-18(24)26)13-5-7-15(8-6-13)25-17(19)20/h3-10,17H,1-2H3,(H,23,26). The molecule has 0 aliphatic rings. The van der Waals surface area contributed by atoms with Crippen LogP contribution in [0.4, 0.5) is 8.78 Å². The van der Waals surface area contributed by atoms with E-state index >= 15 is 0 Å². The molecule has 0 spiro atoms. The van der Waals surface area contributed by atoms with Gasteiger partial charge in [0.05, 0.1) is 6.21 Å². The van der Waals surface area contributed by atoms with Crippen LogP contribution in [0.5, 0.6) is 5.75 Å². The van der Waals surface area contributed by atoms with Gasteiger partial charge in [-0.2, -0.15) is 23.7 Å². The maximum Gasteiger partial charge on any atom is 0.387 e. The van der Waals surface area contributed by atoms with Crippen LogP contribution >= 0.6 is 12.2 Å². The first-order chi connectivity index (χ1) is 12.4. The highest BCUT2D eigenvalue weighted by Gasteiger charge is 2.10. The summed E-state index contributed by atoms with van der Waals surface area (Å²) in [6.45, 7) is 1.17. The quantitative estimate of drug-likeness (QED) is 0.520. The monoisotopic (exact) mass is 374 g/mol. The van der Waals surface area contributed by atoms with Gasteiger partial charge in [0.2, 0.25) is 4.77 Å². The maximum atomic E-state index is 12.3. The number of aromatic amines is 1. The molecular weight excluding hydrogens is 358 g/mol. The lowest BCUT2D eigenvalue weighted by Gasteiger charge is -2.06. The van der Waals surface area contributed by atoms with Gasteiger partial charge in [-0.3, -0.25) is 0 Å². The van der Waals surface area contributed by atoms with Crippen LogP contribution in [-0.4, -0.2) is 27.7 Å². The van der Waals surface area contributed by atoms with Crippen molar-refractivity contribution in [3.8, 4) is 17.1 Å². The Morgan fingerprint density at radius 2 is 1.92 bits per heavy atom. The normalized spacial score (nSPS) is 11.4. The number of hydrogen-bond acceptors (Lipinski definition) is 4. The summed E-state index contributed by atoms with van der Waals surface area (Å²) in [5.74, 6) is 0.544. The van der Waals surface area contributed by atoms with E-state index in [4.69, 9.17) is 12.2 Å². The van der Waals surface area contributed by atoms with E-state index in [-0.39, 0.29) is 5.75 Å². The number of benzene rings is 2. The molecule has 0 aliphatic heterocycles. The molecule has 0 amide bonds. The number of H-pyrrole nitrogens is 1. The number of aryl methyl sites for hydroxylation is 2. The van der Waals surface area contributed by atoms with Crippen molar-refractivity contribution in [2.45, 2.75) is 20.5 Å². The van der Waals surface area contributed by atoms with Crippen LogP contribution in [0.15, 0.2) is 47.6 Å². The highest BCUT2D eigenvalue weighted by atomic mass is 32.1. The summed E-state index contributed by atoms with van der Waals surface area (Å²) in [5, 5.41) is 11.3. The molecule has 8 heteroatoms. The van der Waals surface area contributed by atoms with E-state index in [9.17, 15) is 8.78 Å². The van der Waals surface area contributed by atoms with Gasteiger partial charge in [-0.25, -0.2) is 5.10 Å². The first kappa shape index (κ1) is 17.9. The lowest BCUT2D eigenvalue weighted by atomic mass is 10.1. The van der Waals surface area contributed by atoms with Crippen LogP contribution in [0.25, 0.3) is 11.4 Å². The Balaban J connectivity index is 1.91. The molecule has 0 atom stereocenters. The van der Waals surface area contributed by atoms with Gasteiger partial charge in [-0.1, -0.05) is 23.8 Å². The fraction of sp³-hybridized carbons (Fsp3) is 0.167. The molecule has 0 bridgehead atoms. The molecule has 2 aromatic carbocycles. The van der Waals surface area contributed by atoms with E-state index in [1.807, 2.05) is 26.0 Å². The number of ether oxygens (including phenoxy) is 1. The molecule has 0 radical (unpaired) electrons. The van der Waals surface area contributed by atoms with Crippen LogP contribution < -0.4 is 4.74 Å². The predicted octanol–water partition coefficient (Wildman–Crippen LogP) is 4.71. The largest absolute Gasteiger partial charge is 0.435 e. The molecular formula is C18H16F2N4OS. The van der Waals surface area contributed by atoms with Crippen molar-refractivity contribution in [3.05, 3.63) is 63.9 Å². The summed E-state index contributed by atoms with van der Waals surface area (Å²) in [7, 11) is 0. The third-order valence-corrected chi connectivity index (χ3v) is 3.99. The molecule has 1 N–H and O–H groups in total. The molecule has 0 fully saturated rings. The zero-order valence-corrected chi connectivity index (χ0v) is 14.9. The lowest BCUT2D eigenvalue weighted by molar-refractivity contribution is -0.0498. The molecule has 1 aromatic heterocycles. The Hall–Kier alpha value is -2.87. The van der Waals surface area contributed by atoms with E-state index in [1.165, 1.54) is 22.4 Å². The highest BCUT2D eigenvalue weighted by Crippen LogP contribution is 2.22. The van der Waals surface area contributed by atoms with Gasteiger partial charge in [-0.15, -0.1) is 0 Å². The molecule has 5 nitrogen and oxygen atoms in total. The van der Waals surface area contributed by atoms with Crippen molar-refractivity contribution in [2.75, 3.05) is 0 Å². The third kappa shape index (κ3) is 4.02. The first-order valence-corrected chi connectivity index (χ1v) is 8.19. The van der Waals surface area contributed by atoms with Gasteiger partial charge in [-0.05, 0) is 61.5 Å². The second-order valence-corrected chi connectivity index (χ2v) is 6.06. The summed E-state index contributed by atoms with van der Waals surface area (Å²) in [6.07, 6.45) is 1.71. The molecule has 3 rings (SSSR count).